The van der Waals surface area contributed by atoms with Crippen LogP contribution >= 0.6 is 23.1 Å². The molecule has 2 aliphatic heterocycles. The van der Waals surface area contributed by atoms with Crippen molar-refractivity contribution in [2.75, 3.05) is 16.8 Å². The second-order valence-corrected chi connectivity index (χ2v) is 11.5. The number of nitrogens with zero attached hydrogens (tertiary/aromatic N) is 2. The van der Waals surface area contributed by atoms with E-state index in [1.165, 1.54) is 24.3 Å². The molecule has 13 heteroatoms. The number of non-ortho nitro benzene ring substituents is 1. The molecule has 206 valence electrons. The summed E-state index contributed by atoms with van der Waals surface area (Å²) in [6.45, 7) is -0.209. The predicted octanol–water partition coefficient (Wildman–Crippen LogP) is 4.16. The third-order valence-corrected chi connectivity index (χ3v) is 9.21. The van der Waals surface area contributed by atoms with Gasteiger partial charge in [-0.2, -0.15) is 0 Å². The van der Waals surface area contributed by atoms with Gasteiger partial charge in [-0.1, -0.05) is 53.4 Å². The Bertz CT molecular complexity index is 1720. The van der Waals surface area contributed by atoms with Crippen LogP contribution in [-0.2, 0) is 14.4 Å². The zero-order valence-electron chi connectivity index (χ0n) is 21.0. The summed E-state index contributed by atoms with van der Waals surface area (Å²) < 4.78 is 5.64. The van der Waals surface area contributed by atoms with E-state index >= 15 is 0 Å². The minimum atomic E-state index is -0.801. The Morgan fingerprint density at radius 1 is 0.976 bits per heavy atom. The number of aromatic amines is 1. The fourth-order valence-corrected chi connectivity index (χ4v) is 7.51. The second kappa shape index (κ2) is 10.7. The Morgan fingerprint density at radius 3 is 2.37 bits per heavy atom. The predicted molar refractivity (Wildman–Crippen MR) is 153 cm³/mol. The lowest BCUT2D eigenvalue weighted by Crippen LogP contribution is -2.32. The molecule has 0 bridgehead atoms. The molecule has 0 aliphatic carbocycles. The first kappa shape index (κ1) is 26.5. The van der Waals surface area contributed by atoms with E-state index in [4.69, 9.17) is 4.74 Å². The zero-order valence-corrected chi connectivity index (χ0v) is 22.6. The molecular weight excluding hydrogens is 568 g/mol. The van der Waals surface area contributed by atoms with Crippen LogP contribution in [0.15, 0.2) is 88.7 Å². The number of para-hydroxylation sites is 1. The molecule has 6 rings (SSSR count). The Morgan fingerprint density at radius 2 is 1.68 bits per heavy atom. The molecule has 41 heavy (non-hydrogen) atoms. The number of amides is 3. The molecule has 0 saturated carbocycles. The number of hydrogen-bond acceptors (Lipinski definition) is 9. The number of ether oxygens (including phenoxy) is 1. The molecule has 1 fully saturated rings. The number of benzene rings is 3. The highest BCUT2D eigenvalue weighted by Gasteiger charge is 2.56. The lowest BCUT2D eigenvalue weighted by atomic mass is 9.83. The normalized spacial score (nSPS) is 19.4. The van der Waals surface area contributed by atoms with E-state index in [-0.39, 0.29) is 28.8 Å². The van der Waals surface area contributed by atoms with E-state index in [9.17, 15) is 29.3 Å². The Hall–Kier alpha value is -4.75. The average molecular weight is 589 g/mol. The number of imide groups is 1. The van der Waals surface area contributed by atoms with Gasteiger partial charge >= 0.3 is 4.87 Å². The maximum absolute atomic E-state index is 13.8. The number of nitrogens with one attached hydrogen (secondary N) is 2. The number of anilines is 2. The molecule has 2 aliphatic rings. The van der Waals surface area contributed by atoms with Gasteiger partial charge in [-0.05, 0) is 42.0 Å². The van der Waals surface area contributed by atoms with Crippen LogP contribution in [0.5, 0.6) is 5.75 Å². The third kappa shape index (κ3) is 5.00. The van der Waals surface area contributed by atoms with Gasteiger partial charge in [0.25, 0.3) is 11.6 Å². The number of fused-ring (bicyclic) bond motifs is 2. The number of carbonyl (C=O) groups excluding carboxylic acids is 3. The van der Waals surface area contributed by atoms with E-state index in [1.54, 1.807) is 36.4 Å². The maximum Gasteiger partial charge on any atom is 0.305 e. The fraction of sp³-hybridized carbons (Fsp3) is 0.143. The molecule has 3 heterocycles. The summed E-state index contributed by atoms with van der Waals surface area (Å²) in [6, 6.07) is 21.1. The van der Waals surface area contributed by atoms with Crippen molar-refractivity contribution in [3.05, 3.63) is 109 Å². The van der Waals surface area contributed by atoms with Gasteiger partial charge in [0.1, 0.15) is 11.0 Å². The Labute approximate surface area is 240 Å². The minimum Gasteiger partial charge on any atom is -0.484 e. The van der Waals surface area contributed by atoms with Gasteiger partial charge < -0.3 is 15.0 Å². The summed E-state index contributed by atoms with van der Waals surface area (Å²) in [5.41, 5.74) is 1.44. The summed E-state index contributed by atoms with van der Waals surface area (Å²) in [6.07, 6.45) is 0. The molecule has 4 aromatic rings. The van der Waals surface area contributed by atoms with Crippen LogP contribution < -0.4 is 19.8 Å². The highest BCUT2D eigenvalue weighted by Crippen LogP contribution is 2.53. The monoisotopic (exact) mass is 588 g/mol. The van der Waals surface area contributed by atoms with Crippen molar-refractivity contribution in [3.8, 4) is 5.75 Å². The van der Waals surface area contributed by atoms with Gasteiger partial charge in [0.2, 0.25) is 11.8 Å². The van der Waals surface area contributed by atoms with E-state index in [0.29, 0.717) is 26.9 Å². The summed E-state index contributed by atoms with van der Waals surface area (Å²) in [7, 11) is 0. The minimum absolute atomic E-state index is 0.155. The second-order valence-electron chi connectivity index (χ2n) is 9.31. The number of hydrogen-bond donors (Lipinski definition) is 2. The van der Waals surface area contributed by atoms with Gasteiger partial charge in [0, 0.05) is 28.6 Å². The van der Waals surface area contributed by atoms with Crippen LogP contribution in [-0.4, -0.2) is 39.5 Å². The molecule has 11 nitrogen and oxygen atoms in total. The van der Waals surface area contributed by atoms with E-state index < -0.39 is 33.8 Å². The molecule has 2 N–H and O–H groups in total. The topological polar surface area (TPSA) is 152 Å². The summed E-state index contributed by atoms with van der Waals surface area (Å²) >= 11 is 2.14. The van der Waals surface area contributed by atoms with Crippen molar-refractivity contribution in [1.29, 1.82) is 0 Å². The molecule has 3 unspecified atom stereocenters. The number of nitro groups is 1. The average Bonchev–Trinajstić information content (AvgIpc) is 3.47. The summed E-state index contributed by atoms with van der Waals surface area (Å²) in [5.74, 6) is -2.18. The number of thioether (sulfide) groups is 1. The van der Waals surface area contributed by atoms with Gasteiger partial charge in [0.15, 0.2) is 6.61 Å². The molecular formula is C28H20N4O7S2. The van der Waals surface area contributed by atoms with Crippen molar-refractivity contribution in [1.82, 2.24) is 4.98 Å². The van der Waals surface area contributed by atoms with Crippen molar-refractivity contribution in [2.24, 2.45) is 5.92 Å². The standard InChI is InChI=1S/C28H20N4O7S2/c33-20(29-16-4-2-1-3-5-16)14-39-19-12-6-15(7-13-19)21-22-24(40-25-23(21)41-28(36)30-25)27(35)31(26(22)34)17-8-10-18(11-9-17)32(37)38/h1-13,21-22,24H,14H2,(H,29,33)(H,30,36). The van der Waals surface area contributed by atoms with Crippen molar-refractivity contribution in [2.45, 2.75) is 16.2 Å². The molecule has 1 saturated heterocycles. The zero-order chi connectivity index (χ0) is 28.7. The first-order valence-corrected chi connectivity index (χ1v) is 14.1. The number of aromatic nitrogens is 1. The number of carbonyl (C=O) groups is 3. The van der Waals surface area contributed by atoms with Gasteiger partial charge in [-0.3, -0.25) is 29.3 Å². The molecule has 1 aromatic heterocycles. The maximum atomic E-state index is 13.8. The Kier molecular flexibility index (Phi) is 6.89. The Balaban J connectivity index is 1.25. The SMILES string of the molecule is O=C(COc1ccc(C2c3sc(=O)[nH]c3SC3C(=O)N(c4ccc([N+](=O)[O-])cc4)C(=O)C32)cc1)Nc1ccccc1. The quantitative estimate of drug-likeness (QED) is 0.186. The lowest BCUT2D eigenvalue weighted by Gasteiger charge is -2.29. The number of nitro benzene ring substituents is 1. The van der Waals surface area contributed by atoms with E-state index in [2.05, 4.69) is 10.3 Å². The first-order valence-electron chi connectivity index (χ1n) is 12.4. The number of rotatable bonds is 7. The van der Waals surface area contributed by atoms with Crippen molar-refractivity contribution < 1.29 is 24.0 Å². The smallest absolute Gasteiger partial charge is 0.305 e. The summed E-state index contributed by atoms with van der Waals surface area (Å²) in [4.78, 5) is 66.5. The van der Waals surface area contributed by atoms with E-state index in [1.807, 2.05) is 18.2 Å². The van der Waals surface area contributed by atoms with Gasteiger partial charge in [-0.15, -0.1) is 0 Å². The van der Waals surface area contributed by atoms with Crippen molar-refractivity contribution in [3.63, 3.8) is 0 Å². The van der Waals surface area contributed by atoms with Crippen molar-refractivity contribution >= 4 is 57.9 Å². The van der Waals surface area contributed by atoms with Crippen LogP contribution in [0, 0.1) is 16.0 Å². The summed E-state index contributed by atoms with van der Waals surface area (Å²) in [5, 5.41) is 13.5. The molecule has 3 amide bonds. The number of H-pyrrole nitrogens is 1. The lowest BCUT2D eigenvalue weighted by molar-refractivity contribution is -0.384. The highest BCUT2D eigenvalue weighted by atomic mass is 32.2. The van der Waals surface area contributed by atoms with E-state index in [0.717, 1.165) is 28.0 Å². The van der Waals surface area contributed by atoms with Crippen LogP contribution in [0.2, 0.25) is 0 Å². The highest BCUT2D eigenvalue weighted by molar-refractivity contribution is 8.00. The third-order valence-electron chi connectivity index (χ3n) is 6.81. The van der Waals surface area contributed by atoms with Crippen LogP contribution in [0.25, 0.3) is 0 Å². The first-order chi connectivity index (χ1) is 19.8. The van der Waals surface area contributed by atoms with Crippen LogP contribution in [0.4, 0.5) is 17.1 Å². The molecule has 3 aromatic carbocycles. The van der Waals surface area contributed by atoms with Crippen LogP contribution in [0.1, 0.15) is 16.4 Å². The molecule has 3 atom stereocenters. The molecule has 0 radical (unpaired) electrons. The fourth-order valence-electron chi connectivity index (χ4n) is 4.99. The number of thiazole rings is 1. The molecule has 0 spiro atoms. The largest absolute Gasteiger partial charge is 0.484 e. The van der Waals surface area contributed by atoms with Gasteiger partial charge in [-0.25, -0.2) is 4.90 Å². The van der Waals surface area contributed by atoms with Crippen LogP contribution in [0.3, 0.4) is 0 Å². The van der Waals surface area contributed by atoms with Gasteiger partial charge in [0.05, 0.1) is 21.6 Å².